The van der Waals surface area contributed by atoms with E-state index >= 15 is 0 Å². The maximum absolute atomic E-state index is 11.6. The highest BCUT2D eigenvalue weighted by Gasteiger charge is 2.37. The van der Waals surface area contributed by atoms with E-state index < -0.39 is 18.2 Å². The minimum absolute atomic E-state index is 0.320. The summed E-state index contributed by atoms with van der Waals surface area (Å²) in [6.45, 7) is 3.57. The van der Waals surface area contributed by atoms with Gasteiger partial charge in [-0.2, -0.15) is 5.26 Å². The minimum atomic E-state index is -1.33. The van der Waals surface area contributed by atoms with Gasteiger partial charge < -0.3 is 10.4 Å². The lowest BCUT2D eigenvalue weighted by Crippen LogP contribution is -2.53. The monoisotopic (exact) mass is 237 g/mol. The Morgan fingerprint density at radius 2 is 2.29 bits per heavy atom. The number of urea groups is 1. The maximum atomic E-state index is 11.6. The summed E-state index contributed by atoms with van der Waals surface area (Å²) < 4.78 is 0. The lowest BCUT2D eigenvalue weighted by molar-refractivity contribution is 0.133. The molecule has 0 saturated carbocycles. The average molecular weight is 237 g/mol. The zero-order valence-electron chi connectivity index (χ0n) is 9.86. The molecule has 1 rings (SSSR count). The van der Waals surface area contributed by atoms with Crippen LogP contribution in [0.25, 0.3) is 0 Å². The smallest absolute Gasteiger partial charge is 0.416 e. The van der Waals surface area contributed by atoms with E-state index in [1.165, 1.54) is 0 Å². The lowest BCUT2D eigenvalue weighted by Gasteiger charge is -2.32. The van der Waals surface area contributed by atoms with E-state index in [0.717, 1.165) is 12.8 Å². The molecule has 0 saturated heterocycles. The van der Waals surface area contributed by atoms with Gasteiger partial charge in [-0.1, -0.05) is 19.8 Å². The number of nitriles is 1. The van der Waals surface area contributed by atoms with Crippen LogP contribution in [0.2, 0.25) is 0 Å². The Hall–Kier alpha value is -2.03. The highest BCUT2D eigenvalue weighted by molar-refractivity contribution is 5.93. The number of nitrogens with one attached hydrogen (secondary N) is 1. The Bertz CT molecular complexity index is 409. The van der Waals surface area contributed by atoms with E-state index in [-0.39, 0.29) is 0 Å². The van der Waals surface area contributed by atoms with Gasteiger partial charge in [0.2, 0.25) is 0 Å². The molecule has 0 aromatic carbocycles. The van der Waals surface area contributed by atoms with Crippen molar-refractivity contribution in [3.05, 3.63) is 11.3 Å². The molecule has 0 aliphatic carbocycles. The number of carbonyl (C=O) groups excluding carboxylic acids is 1. The van der Waals surface area contributed by atoms with Crippen molar-refractivity contribution in [3.63, 3.8) is 0 Å². The van der Waals surface area contributed by atoms with Crippen molar-refractivity contribution in [1.29, 1.82) is 5.26 Å². The third-order valence-electron chi connectivity index (χ3n) is 2.72. The average Bonchev–Trinajstić information content (AvgIpc) is 2.25. The molecule has 1 atom stereocenters. The normalized spacial score (nSPS) is 19.9. The first-order valence-electron chi connectivity index (χ1n) is 5.46. The second-order valence-electron chi connectivity index (χ2n) is 3.89. The van der Waals surface area contributed by atoms with Crippen molar-refractivity contribution in [2.24, 2.45) is 0 Å². The molecule has 0 bridgehead atoms. The van der Waals surface area contributed by atoms with Crippen LogP contribution in [0, 0.1) is 11.3 Å². The first-order valence-corrected chi connectivity index (χ1v) is 5.46. The molecule has 2 N–H and O–H groups in total. The standard InChI is InChI=1S/C11H15N3O3/c1-3-4-5-9-8(6-12)7(2)13-10(15)14(9)11(16)17/h9H,3-5H2,1-2H3,(H,13,15)(H,16,17). The molecule has 0 radical (unpaired) electrons. The van der Waals surface area contributed by atoms with Gasteiger partial charge in [0, 0.05) is 5.70 Å². The molecule has 3 amide bonds. The quantitative estimate of drug-likeness (QED) is 0.785. The Morgan fingerprint density at radius 3 is 2.76 bits per heavy atom. The number of carbonyl (C=O) groups is 2. The number of allylic oxidation sites excluding steroid dienone is 1. The van der Waals surface area contributed by atoms with Gasteiger partial charge in [0.15, 0.2) is 0 Å². The molecule has 6 nitrogen and oxygen atoms in total. The van der Waals surface area contributed by atoms with Crippen LogP contribution < -0.4 is 5.32 Å². The van der Waals surface area contributed by atoms with Crippen molar-refractivity contribution < 1.29 is 14.7 Å². The SMILES string of the molecule is CCCCC1C(C#N)=C(C)NC(=O)N1C(=O)O. The molecule has 1 unspecified atom stereocenters. The van der Waals surface area contributed by atoms with E-state index in [0.29, 0.717) is 22.6 Å². The summed E-state index contributed by atoms with van der Waals surface area (Å²) in [5.74, 6) is 0. The molecule has 1 heterocycles. The van der Waals surface area contributed by atoms with Crippen LogP contribution in [0.5, 0.6) is 0 Å². The van der Waals surface area contributed by atoms with Crippen molar-refractivity contribution in [1.82, 2.24) is 10.2 Å². The number of nitrogens with zero attached hydrogens (tertiary/aromatic N) is 2. The second kappa shape index (κ2) is 5.34. The van der Waals surface area contributed by atoms with Crippen LogP contribution >= 0.6 is 0 Å². The van der Waals surface area contributed by atoms with Gasteiger partial charge in [0.25, 0.3) is 0 Å². The molecule has 17 heavy (non-hydrogen) atoms. The summed E-state index contributed by atoms with van der Waals surface area (Å²) in [7, 11) is 0. The topological polar surface area (TPSA) is 93.4 Å². The highest BCUT2D eigenvalue weighted by atomic mass is 16.4. The molecule has 0 aromatic rings. The van der Waals surface area contributed by atoms with E-state index in [2.05, 4.69) is 5.32 Å². The van der Waals surface area contributed by atoms with Crippen LogP contribution in [0.3, 0.4) is 0 Å². The largest absolute Gasteiger partial charge is 0.465 e. The van der Waals surface area contributed by atoms with Gasteiger partial charge >= 0.3 is 12.1 Å². The van der Waals surface area contributed by atoms with Crippen LogP contribution in [0.1, 0.15) is 33.1 Å². The van der Waals surface area contributed by atoms with E-state index in [1.807, 2.05) is 13.0 Å². The number of rotatable bonds is 3. The van der Waals surface area contributed by atoms with Crippen molar-refractivity contribution in [2.45, 2.75) is 39.2 Å². The Balaban J connectivity index is 3.10. The predicted octanol–water partition coefficient (Wildman–Crippen LogP) is 2.05. The van der Waals surface area contributed by atoms with Gasteiger partial charge in [0.1, 0.15) is 0 Å². The van der Waals surface area contributed by atoms with Gasteiger partial charge in [-0.05, 0) is 13.3 Å². The van der Waals surface area contributed by atoms with Crippen LogP contribution in [-0.2, 0) is 0 Å². The lowest BCUT2D eigenvalue weighted by atomic mass is 9.97. The summed E-state index contributed by atoms with van der Waals surface area (Å²) in [6, 6.07) is 0.632. The first-order chi connectivity index (χ1) is 8.02. The Labute approximate surface area is 99.5 Å². The van der Waals surface area contributed by atoms with Gasteiger partial charge in [-0.15, -0.1) is 0 Å². The minimum Gasteiger partial charge on any atom is -0.465 e. The van der Waals surface area contributed by atoms with E-state index in [4.69, 9.17) is 10.4 Å². The molecular formula is C11H15N3O3. The van der Waals surface area contributed by atoms with Gasteiger partial charge in [0.05, 0.1) is 17.7 Å². The zero-order chi connectivity index (χ0) is 13.0. The third-order valence-corrected chi connectivity index (χ3v) is 2.72. The van der Waals surface area contributed by atoms with Crippen molar-refractivity contribution in [3.8, 4) is 6.07 Å². The molecule has 1 aliphatic rings. The zero-order valence-corrected chi connectivity index (χ0v) is 9.86. The molecule has 1 aliphatic heterocycles. The van der Waals surface area contributed by atoms with E-state index in [9.17, 15) is 9.59 Å². The number of hydrogen-bond acceptors (Lipinski definition) is 3. The highest BCUT2D eigenvalue weighted by Crippen LogP contribution is 2.23. The summed E-state index contributed by atoms with van der Waals surface area (Å²) in [5, 5.41) is 20.4. The van der Waals surface area contributed by atoms with Crippen LogP contribution in [0.4, 0.5) is 9.59 Å². The number of carboxylic acid groups (broad SMARTS) is 1. The molecule has 0 aromatic heterocycles. The number of imide groups is 1. The number of amides is 3. The molecule has 6 heteroatoms. The Kier molecular flexibility index (Phi) is 4.10. The number of hydrogen-bond donors (Lipinski definition) is 2. The molecule has 0 spiro atoms. The number of unbranched alkanes of at least 4 members (excludes halogenated alkanes) is 1. The second-order valence-corrected chi connectivity index (χ2v) is 3.89. The molecule has 0 fully saturated rings. The first kappa shape index (κ1) is 13.0. The van der Waals surface area contributed by atoms with Crippen molar-refractivity contribution >= 4 is 12.1 Å². The summed E-state index contributed by atoms with van der Waals surface area (Å²) >= 11 is 0. The fourth-order valence-electron chi connectivity index (χ4n) is 1.86. The van der Waals surface area contributed by atoms with E-state index in [1.54, 1.807) is 6.92 Å². The van der Waals surface area contributed by atoms with Crippen molar-refractivity contribution in [2.75, 3.05) is 0 Å². The van der Waals surface area contributed by atoms with Crippen LogP contribution in [-0.4, -0.2) is 28.2 Å². The molecule has 92 valence electrons. The van der Waals surface area contributed by atoms with Crippen LogP contribution in [0.15, 0.2) is 11.3 Å². The predicted molar refractivity (Wildman–Crippen MR) is 60.0 cm³/mol. The molecular weight excluding hydrogens is 222 g/mol. The Morgan fingerprint density at radius 1 is 1.65 bits per heavy atom. The fraction of sp³-hybridized carbons (Fsp3) is 0.545. The van der Waals surface area contributed by atoms with Gasteiger partial charge in [-0.3, -0.25) is 0 Å². The summed E-state index contributed by atoms with van der Waals surface area (Å²) in [6.07, 6.45) is 0.795. The van der Waals surface area contributed by atoms with Gasteiger partial charge in [-0.25, -0.2) is 14.5 Å². The fourth-order valence-corrected chi connectivity index (χ4v) is 1.86. The summed E-state index contributed by atoms with van der Waals surface area (Å²) in [4.78, 5) is 23.3. The summed E-state index contributed by atoms with van der Waals surface area (Å²) in [5.41, 5.74) is 0.761. The maximum Gasteiger partial charge on any atom is 0.416 e. The third kappa shape index (κ3) is 2.56.